The molecule has 0 unspecified atom stereocenters. The van der Waals surface area contributed by atoms with Crippen molar-refractivity contribution in [3.63, 3.8) is 0 Å². The van der Waals surface area contributed by atoms with Crippen molar-refractivity contribution in [1.82, 2.24) is 9.97 Å². The molecule has 0 spiro atoms. The third-order valence-corrected chi connectivity index (χ3v) is 3.33. The lowest BCUT2D eigenvalue weighted by atomic mass is 10.1. The van der Waals surface area contributed by atoms with Gasteiger partial charge in [0.25, 0.3) is 0 Å². The topological polar surface area (TPSA) is 28.7 Å². The molecule has 0 saturated carbocycles. The lowest BCUT2D eigenvalue weighted by Crippen LogP contribution is -1.93. The third kappa shape index (κ3) is 2.58. The highest BCUT2D eigenvalue weighted by atomic mass is 14.9. The number of imidazole rings is 1. The van der Waals surface area contributed by atoms with Crippen molar-refractivity contribution in [2.24, 2.45) is 0 Å². The Morgan fingerprint density at radius 1 is 0.947 bits per heavy atom. The van der Waals surface area contributed by atoms with Crippen LogP contribution in [0.3, 0.4) is 0 Å². The van der Waals surface area contributed by atoms with Crippen LogP contribution >= 0.6 is 0 Å². The van der Waals surface area contributed by atoms with Crippen LogP contribution in [0.25, 0.3) is 11.3 Å². The Balaban J connectivity index is 1.85. The number of aryl methyl sites for hydroxylation is 1. The summed E-state index contributed by atoms with van der Waals surface area (Å²) in [6.45, 7) is 2.14. The Morgan fingerprint density at radius 2 is 1.68 bits per heavy atom. The summed E-state index contributed by atoms with van der Waals surface area (Å²) in [5, 5.41) is 0. The van der Waals surface area contributed by atoms with Gasteiger partial charge in [0.2, 0.25) is 0 Å². The van der Waals surface area contributed by atoms with Crippen LogP contribution in [0.4, 0.5) is 0 Å². The lowest BCUT2D eigenvalue weighted by Gasteiger charge is -2.02. The second-order valence-corrected chi connectivity index (χ2v) is 4.71. The summed E-state index contributed by atoms with van der Waals surface area (Å²) >= 11 is 0. The van der Waals surface area contributed by atoms with E-state index in [-0.39, 0.29) is 0 Å². The molecule has 0 fully saturated rings. The molecule has 19 heavy (non-hydrogen) atoms. The maximum Gasteiger partial charge on any atom is 0.110 e. The Bertz CT molecular complexity index is 668. The predicted octanol–water partition coefficient (Wildman–Crippen LogP) is 3.98. The Hall–Kier alpha value is -2.35. The van der Waals surface area contributed by atoms with E-state index < -0.39 is 0 Å². The van der Waals surface area contributed by atoms with Crippen LogP contribution < -0.4 is 0 Å². The number of nitrogens with one attached hydrogen (secondary N) is 1. The number of hydrogen-bond acceptors (Lipinski definition) is 1. The molecule has 2 heteroatoms. The van der Waals surface area contributed by atoms with Crippen molar-refractivity contribution in [2.45, 2.75) is 13.3 Å². The van der Waals surface area contributed by atoms with Gasteiger partial charge in [-0.1, -0.05) is 54.6 Å². The summed E-state index contributed by atoms with van der Waals surface area (Å²) in [6.07, 6.45) is 2.75. The van der Waals surface area contributed by atoms with Crippen molar-refractivity contribution in [3.8, 4) is 11.3 Å². The quantitative estimate of drug-likeness (QED) is 0.746. The summed E-state index contributed by atoms with van der Waals surface area (Å²) in [7, 11) is 0. The number of H-pyrrole nitrogens is 1. The zero-order valence-corrected chi connectivity index (χ0v) is 10.9. The number of aromatic amines is 1. The molecule has 0 aliphatic heterocycles. The Labute approximate surface area is 113 Å². The van der Waals surface area contributed by atoms with Crippen LogP contribution in [0.15, 0.2) is 60.8 Å². The van der Waals surface area contributed by atoms with Gasteiger partial charge in [-0.25, -0.2) is 4.98 Å². The highest BCUT2D eigenvalue weighted by Gasteiger charge is 2.05. The Morgan fingerprint density at radius 3 is 2.47 bits per heavy atom. The van der Waals surface area contributed by atoms with E-state index in [9.17, 15) is 0 Å². The van der Waals surface area contributed by atoms with Gasteiger partial charge in [0.1, 0.15) is 5.82 Å². The molecule has 94 valence electrons. The highest BCUT2D eigenvalue weighted by molar-refractivity contribution is 5.58. The fourth-order valence-electron chi connectivity index (χ4n) is 2.21. The van der Waals surface area contributed by atoms with Crippen molar-refractivity contribution in [2.75, 3.05) is 0 Å². The lowest BCUT2D eigenvalue weighted by molar-refractivity contribution is 1.02. The maximum atomic E-state index is 4.47. The second-order valence-electron chi connectivity index (χ2n) is 4.71. The fourth-order valence-corrected chi connectivity index (χ4v) is 2.21. The Kier molecular flexibility index (Phi) is 3.15. The predicted molar refractivity (Wildman–Crippen MR) is 78.0 cm³/mol. The largest absolute Gasteiger partial charge is 0.342 e. The minimum atomic E-state index is 0.847. The summed E-state index contributed by atoms with van der Waals surface area (Å²) < 4.78 is 0. The van der Waals surface area contributed by atoms with Crippen molar-refractivity contribution < 1.29 is 0 Å². The second kappa shape index (κ2) is 5.11. The molecule has 0 aliphatic rings. The maximum absolute atomic E-state index is 4.47. The first-order valence-electron chi connectivity index (χ1n) is 6.47. The van der Waals surface area contributed by atoms with Gasteiger partial charge in [-0.05, 0) is 23.6 Å². The minimum Gasteiger partial charge on any atom is -0.342 e. The summed E-state index contributed by atoms with van der Waals surface area (Å²) in [5.41, 5.74) is 4.87. The first kappa shape index (κ1) is 11.7. The molecule has 1 aromatic heterocycles. The van der Waals surface area contributed by atoms with Crippen molar-refractivity contribution >= 4 is 0 Å². The summed E-state index contributed by atoms with van der Waals surface area (Å²) in [4.78, 5) is 7.87. The molecule has 3 rings (SSSR count). The van der Waals surface area contributed by atoms with Gasteiger partial charge in [-0.3, -0.25) is 0 Å². The zero-order valence-electron chi connectivity index (χ0n) is 10.9. The number of nitrogens with zero attached hydrogens (tertiary/aromatic N) is 1. The molecule has 1 N–H and O–H groups in total. The molecule has 0 amide bonds. The average Bonchev–Trinajstić information content (AvgIpc) is 2.91. The molecule has 0 atom stereocenters. The SMILES string of the molecule is Cc1ccccc1Cc1ncc(-c2ccccc2)[nH]1. The van der Waals surface area contributed by atoms with Crippen LogP contribution in [-0.4, -0.2) is 9.97 Å². The first-order valence-corrected chi connectivity index (χ1v) is 6.47. The van der Waals surface area contributed by atoms with E-state index >= 15 is 0 Å². The van der Waals surface area contributed by atoms with Crippen molar-refractivity contribution in [3.05, 3.63) is 77.7 Å². The van der Waals surface area contributed by atoms with Gasteiger partial charge < -0.3 is 4.98 Å². The number of benzene rings is 2. The molecule has 0 aliphatic carbocycles. The van der Waals surface area contributed by atoms with E-state index in [1.54, 1.807) is 0 Å². The van der Waals surface area contributed by atoms with Crippen LogP contribution in [0.2, 0.25) is 0 Å². The van der Waals surface area contributed by atoms with E-state index in [1.165, 1.54) is 16.7 Å². The molecular formula is C17H16N2. The van der Waals surface area contributed by atoms with Gasteiger partial charge in [-0.15, -0.1) is 0 Å². The van der Waals surface area contributed by atoms with Gasteiger partial charge in [-0.2, -0.15) is 0 Å². The van der Waals surface area contributed by atoms with Gasteiger partial charge in [0.15, 0.2) is 0 Å². The highest BCUT2D eigenvalue weighted by Crippen LogP contribution is 2.18. The standard InChI is InChI=1S/C17H16N2/c1-13-7-5-6-10-15(13)11-17-18-12-16(19-17)14-8-3-2-4-9-14/h2-10,12H,11H2,1H3,(H,18,19). The van der Waals surface area contributed by atoms with E-state index in [4.69, 9.17) is 0 Å². The molecule has 0 bridgehead atoms. The fraction of sp³-hybridized carbons (Fsp3) is 0.118. The molecule has 2 aromatic carbocycles. The zero-order chi connectivity index (χ0) is 13.1. The van der Waals surface area contributed by atoms with Gasteiger partial charge in [0.05, 0.1) is 11.9 Å². The van der Waals surface area contributed by atoms with E-state index in [0.717, 1.165) is 17.9 Å². The van der Waals surface area contributed by atoms with E-state index in [0.29, 0.717) is 0 Å². The molecule has 2 nitrogen and oxygen atoms in total. The van der Waals surface area contributed by atoms with Gasteiger partial charge in [0, 0.05) is 6.42 Å². The third-order valence-electron chi connectivity index (χ3n) is 3.33. The minimum absolute atomic E-state index is 0.847. The number of hydrogen-bond donors (Lipinski definition) is 1. The smallest absolute Gasteiger partial charge is 0.110 e. The molecule has 3 aromatic rings. The van der Waals surface area contributed by atoms with E-state index in [2.05, 4.69) is 53.3 Å². The molecular weight excluding hydrogens is 232 g/mol. The first-order chi connectivity index (χ1) is 9.33. The summed E-state index contributed by atoms with van der Waals surface area (Å²) in [5.74, 6) is 1.01. The van der Waals surface area contributed by atoms with Gasteiger partial charge >= 0.3 is 0 Å². The molecule has 1 heterocycles. The monoisotopic (exact) mass is 248 g/mol. The van der Waals surface area contributed by atoms with Crippen molar-refractivity contribution in [1.29, 1.82) is 0 Å². The van der Waals surface area contributed by atoms with Crippen LogP contribution in [0, 0.1) is 6.92 Å². The normalized spacial score (nSPS) is 10.6. The van der Waals surface area contributed by atoms with Crippen LogP contribution in [-0.2, 0) is 6.42 Å². The molecule has 0 saturated heterocycles. The number of rotatable bonds is 3. The summed E-state index contributed by atoms with van der Waals surface area (Å²) in [6, 6.07) is 18.7. The number of aromatic nitrogens is 2. The average molecular weight is 248 g/mol. The molecule has 0 radical (unpaired) electrons. The van der Waals surface area contributed by atoms with Crippen LogP contribution in [0.1, 0.15) is 17.0 Å². The van der Waals surface area contributed by atoms with E-state index in [1.807, 2.05) is 24.4 Å². The van der Waals surface area contributed by atoms with Crippen LogP contribution in [0.5, 0.6) is 0 Å².